The van der Waals surface area contributed by atoms with Crippen LogP contribution in [0.5, 0.6) is 5.75 Å². The van der Waals surface area contributed by atoms with Crippen molar-refractivity contribution in [1.29, 1.82) is 0 Å². The summed E-state index contributed by atoms with van der Waals surface area (Å²) in [4.78, 5) is 14.9. The van der Waals surface area contributed by atoms with Crippen molar-refractivity contribution in [3.63, 3.8) is 0 Å². The molecule has 2 unspecified atom stereocenters. The zero-order valence-electron chi connectivity index (χ0n) is 20.7. The molecule has 188 valence electrons. The number of nitrogens with zero attached hydrogens (tertiary/aromatic N) is 3. The zero-order valence-corrected chi connectivity index (χ0v) is 20.7. The van der Waals surface area contributed by atoms with Gasteiger partial charge in [0.25, 0.3) is 0 Å². The van der Waals surface area contributed by atoms with E-state index in [2.05, 4.69) is 26.6 Å². The van der Waals surface area contributed by atoms with E-state index in [4.69, 9.17) is 10.5 Å². The Bertz CT molecular complexity index is 1460. The summed E-state index contributed by atoms with van der Waals surface area (Å²) in [5, 5.41) is 13.2. The molecular weight excluding hydrogens is 464 g/mol. The van der Waals surface area contributed by atoms with Crippen LogP contribution in [0.4, 0.5) is 0 Å². The van der Waals surface area contributed by atoms with Gasteiger partial charge >= 0.3 is 0 Å². The summed E-state index contributed by atoms with van der Waals surface area (Å²) in [6.45, 7) is 0.509. The van der Waals surface area contributed by atoms with E-state index in [1.165, 1.54) is 0 Å². The van der Waals surface area contributed by atoms with Crippen LogP contribution in [0, 0.1) is 0 Å². The molecule has 2 aromatic heterocycles. The van der Waals surface area contributed by atoms with Gasteiger partial charge in [0.1, 0.15) is 5.75 Å². The Morgan fingerprint density at radius 3 is 2.43 bits per heavy atom. The molecule has 0 saturated carbocycles. The van der Waals surface area contributed by atoms with Gasteiger partial charge in [0.05, 0.1) is 25.7 Å². The van der Waals surface area contributed by atoms with Gasteiger partial charge in [-0.2, -0.15) is 0 Å². The second-order valence-electron chi connectivity index (χ2n) is 9.05. The summed E-state index contributed by atoms with van der Waals surface area (Å²) >= 11 is 0. The number of nitrogens with one attached hydrogen (secondary N) is 2. The number of aromatic nitrogens is 4. The van der Waals surface area contributed by atoms with Crippen LogP contribution in [0.15, 0.2) is 85.1 Å². The van der Waals surface area contributed by atoms with Crippen LogP contribution in [-0.2, 0) is 24.2 Å². The highest BCUT2D eigenvalue weighted by Crippen LogP contribution is 2.26. The van der Waals surface area contributed by atoms with Crippen LogP contribution >= 0.6 is 0 Å². The minimum absolute atomic E-state index is 0.361. The quantitative estimate of drug-likeness (QED) is 0.240. The molecule has 3 aromatic carbocycles. The lowest BCUT2D eigenvalue weighted by molar-refractivity contribution is -0.110. The fraction of sp³-hybridized carbons (Fsp3) is 0.207. The van der Waals surface area contributed by atoms with E-state index in [9.17, 15) is 4.79 Å². The van der Waals surface area contributed by atoms with Crippen LogP contribution in [0.2, 0.25) is 0 Å². The summed E-state index contributed by atoms with van der Waals surface area (Å²) < 4.78 is 7.35. The van der Waals surface area contributed by atoms with Gasteiger partial charge < -0.3 is 25.3 Å². The summed E-state index contributed by atoms with van der Waals surface area (Å²) in [5.41, 5.74) is 11.1. The average Bonchev–Trinajstić information content (AvgIpc) is 3.54. The summed E-state index contributed by atoms with van der Waals surface area (Å²) in [6.07, 6.45) is 3.89. The Balaban J connectivity index is 1.51. The first kappa shape index (κ1) is 24.3. The molecule has 37 heavy (non-hydrogen) atoms. The monoisotopic (exact) mass is 494 g/mol. The predicted molar refractivity (Wildman–Crippen MR) is 143 cm³/mol. The summed E-state index contributed by atoms with van der Waals surface area (Å²) in [7, 11) is 1.65. The molecule has 1 amide bonds. The SMILES string of the molecule is COc1ccc(Cn2c(C(N)Cc3c[nH]c4ccccc34)nnc2C(Cc2ccccc2)NC=O)cc1. The minimum Gasteiger partial charge on any atom is -0.497 e. The number of nitrogens with two attached hydrogens (primary N) is 1. The van der Waals surface area contributed by atoms with Gasteiger partial charge in [-0.1, -0.05) is 60.7 Å². The van der Waals surface area contributed by atoms with Crippen molar-refractivity contribution in [2.24, 2.45) is 5.73 Å². The average molecular weight is 495 g/mol. The topological polar surface area (TPSA) is 111 Å². The Morgan fingerprint density at radius 1 is 0.946 bits per heavy atom. The molecule has 8 nitrogen and oxygen atoms in total. The number of carbonyl (C=O) groups excluding carboxylic acids is 1. The third-order valence-electron chi connectivity index (χ3n) is 6.62. The van der Waals surface area contributed by atoms with Gasteiger partial charge in [-0.3, -0.25) is 4.79 Å². The number of methoxy groups -OCH3 is 1. The molecule has 8 heteroatoms. The first-order chi connectivity index (χ1) is 18.2. The number of H-pyrrole nitrogens is 1. The molecule has 0 bridgehead atoms. The number of rotatable bonds is 11. The van der Waals surface area contributed by atoms with E-state index < -0.39 is 6.04 Å². The first-order valence-electron chi connectivity index (χ1n) is 12.3. The number of benzene rings is 3. The molecule has 5 rings (SSSR count). The largest absolute Gasteiger partial charge is 0.497 e. The highest BCUT2D eigenvalue weighted by Gasteiger charge is 2.25. The highest BCUT2D eigenvalue weighted by molar-refractivity contribution is 5.83. The maximum atomic E-state index is 11.6. The van der Waals surface area contributed by atoms with Gasteiger partial charge in [0.2, 0.25) is 6.41 Å². The van der Waals surface area contributed by atoms with E-state index in [-0.39, 0.29) is 6.04 Å². The third-order valence-corrected chi connectivity index (χ3v) is 6.62. The highest BCUT2D eigenvalue weighted by atomic mass is 16.5. The Labute approximate surface area is 215 Å². The lowest BCUT2D eigenvalue weighted by atomic mass is 10.0. The lowest BCUT2D eigenvalue weighted by Gasteiger charge is -2.20. The van der Waals surface area contributed by atoms with Gasteiger partial charge in [0.15, 0.2) is 11.6 Å². The van der Waals surface area contributed by atoms with Crippen LogP contribution in [0.25, 0.3) is 10.9 Å². The molecule has 0 radical (unpaired) electrons. The van der Waals surface area contributed by atoms with Crippen LogP contribution in [0.3, 0.4) is 0 Å². The minimum atomic E-state index is -0.396. The molecule has 0 fully saturated rings. The van der Waals surface area contributed by atoms with Gasteiger partial charge in [-0.05, 0) is 47.7 Å². The number of ether oxygens (including phenoxy) is 1. The summed E-state index contributed by atoms with van der Waals surface area (Å²) in [6, 6.07) is 25.3. The van der Waals surface area contributed by atoms with E-state index >= 15 is 0 Å². The van der Waals surface area contributed by atoms with Gasteiger partial charge in [-0.15, -0.1) is 10.2 Å². The number of hydrogen-bond acceptors (Lipinski definition) is 5. The van der Waals surface area contributed by atoms with Gasteiger partial charge in [-0.25, -0.2) is 0 Å². The molecule has 0 aliphatic rings. The van der Waals surface area contributed by atoms with E-state index in [0.717, 1.165) is 33.3 Å². The van der Waals surface area contributed by atoms with E-state index in [1.54, 1.807) is 7.11 Å². The Hall–Kier alpha value is -4.43. The molecule has 2 heterocycles. The number of amides is 1. The zero-order chi connectivity index (χ0) is 25.6. The van der Waals surface area contributed by atoms with Crippen molar-refractivity contribution in [3.8, 4) is 5.75 Å². The number of hydrogen-bond donors (Lipinski definition) is 3. The van der Waals surface area contributed by atoms with Crippen LogP contribution in [0.1, 0.15) is 40.4 Å². The molecule has 0 aliphatic heterocycles. The number of aromatic amines is 1. The number of para-hydroxylation sites is 1. The number of fused-ring (bicyclic) bond motifs is 1. The second-order valence-corrected chi connectivity index (χ2v) is 9.05. The maximum Gasteiger partial charge on any atom is 0.207 e. The molecule has 0 saturated heterocycles. The van der Waals surface area contributed by atoms with Crippen molar-refractivity contribution in [2.45, 2.75) is 31.5 Å². The molecule has 0 spiro atoms. The van der Waals surface area contributed by atoms with E-state index in [0.29, 0.717) is 37.4 Å². The van der Waals surface area contributed by atoms with Crippen molar-refractivity contribution in [2.75, 3.05) is 7.11 Å². The number of carbonyl (C=O) groups is 1. The molecule has 5 aromatic rings. The molecule has 2 atom stereocenters. The van der Waals surface area contributed by atoms with Crippen molar-refractivity contribution in [1.82, 2.24) is 25.1 Å². The Kier molecular flexibility index (Phi) is 7.28. The van der Waals surface area contributed by atoms with Crippen molar-refractivity contribution >= 4 is 17.3 Å². The molecule has 4 N–H and O–H groups in total. The summed E-state index contributed by atoms with van der Waals surface area (Å²) in [5.74, 6) is 2.12. The Morgan fingerprint density at radius 2 is 1.68 bits per heavy atom. The maximum absolute atomic E-state index is 11.6. The lowest BCUT2D eigenvalue weighted by Crippen LogP contribution is -2.27. The molecular formula is C29H30N6O2. The third kappa shape index (κ3) is 5.39. The van der Waals surface area contributed by atoms with E-state index in [1.807, 2.05) is 83.6 Å². The van der Waals surface area contributed by atoms with Crippen LogP contribution < -0.4 is 15.8 Å². The normalized spacial score (nSPS) is 12.8. The fourth-order valence-corrected chi connectivity index (χ4v) is 4.72. The van der Waals surface area contributed by atoms with Crippen molar-refractivity contribution < 1.29 is 9.53 Å². The molecule has 0 aliphatic carbocycles. The van der Waals surface area contributed by atoms with Crippen LogP contribution in [-0.4, -0.2) is 33.3 Å². The van der Waals surface area contributed by atoms with Crippen molar-refractivity contribution in [3.05, 3.63) is 113 Å². The first-order valence-corrected chi connectivity index (χ1v) is 12.3. The smallest absolute Gasteiger partial charge is 0.207 e. The van der Waals surface area contributed by atoms with Gasteiger partial charge in [0, 0.05) is 17.1 Å². The second kappa shape index (κ2) is 11.1. The fourth-order valence-electron chi connectivity index (χ4n) is 4.72. The standard InChI is InChI=1S/C29H30N6O2/c1-37-23-13-11-21(12-14-23)18-35-28(25(30)16-22-17-31-26-10-6-5-9-24(22)26)33-34-29(35)27(32-19-36)15-20-7-3-2-4-8-20/h2-14,17,19,25,27,31H,15-16,18,30H2,1H3,(H,32,36). The predicted octanol–water partition coefficient (Wildman–Crippen LogP) is 4.09.